The summed E-state index contributed by atoms with van der Waals surface area (Å²) in [6, 6.07) is 2.78. The summed E-state index contributed by atoms with van der Waals surface area (Å²) in [5.74, 6) is -0.416. The lowest BCUT2D eigenvalue weighted by molar-refractivity contribution is -0.137. The molecule has 1 aromatic carbocycles. The number of nitrogens with zero attached hydrogens (tertiary/aromatic N) is 1. The first-order chi connectivity index (χ1) is 9.99. The number of ether oxygens (including phenoxy) is 1. The number of hydrogen-bond donors (Lipinski definition) is 0. The van der Waals surface area contributed by atoms with E-state index in [-0.39, 0.29) is 24.2 Å². The van der Waals surface area contributed by atoms with Gasteiger partial charge in [0.2, 0.25) is 0 Å². The van der Waals surface area contributed by atoms with Gasteiger partial charge < -0.3 is 4.74 Å². The Morgan fingerprint density at radius 1 is 1.23 bits per heavy atom. The highest BCUT2D eigenvalue weighted by molar-refractivity contribution is 6.07. The number of carbonyl (C=O) groups excluding carboxylic acids is 2. The van der Waals surface area contributed by atoms with Gasteiger partial charge in [0.1, 0.15) is 5.60 Å². The van der Waals surface area contributed by atoms with E-state index in [1.165, 1.54) is 4.90 Å². The molecule has 7 heteroatoms. The molecule has 0 saturated heterocycles. The van der Waals surface area contributed by atoms with Crippen molar-refractivity contribution in [2.45, 2.75) is 39.0 Å². The van der Waals surface area contributed by atoms with Crippen molar-refractivity contribution in [2.75, 3.05) is 11.4 Å². The molecule has 0 N–H and O–H groups in total. The minimum Gasteiger partial charge on any atom is -0.443 e. The third-order valence-corrected chi connectivity index (χ3v) is 3.09. The zero-order valence-electron chi connectivity index (χ0n) is 12.5. The lowest BCUT2D eigenvalue weighted by Gasteiger charge is -2.31. The Morgan fingerprint density at radius 2 is 1.86 bits per heavy atom. The first kappa shape index (κ1) is 16.3. The monoisotopic (exact) mass is 315 g/mol. The van der Waals surface area contributed by atoms with Crippen LogP contribution >= 0.6 is 0 Å². The molecule has 0 aliphatic carbocycles. The Balaban J connectivity index is 2.40. The lowest BCUT2D eigenvalue weighted by Crippen LogP contribution is -2.41. The second kappa shape index (κ2) is 5.30. The molecule has 0 unspecified atom stereocenters. The largest absolute Gasteiger partial charge is 0.443 e. The maximum atomic E-state index is 12.7. The van der Waals surface area contributed by atoms with Gasteiger partial charge in [-0.1, -0.05) is 0 Å². The molecule has 120 valence electrons. The fraction of sp³-hybridized carbons (Fsp3) is 0.467. The third-order valence-electron chi connectivity index (χ3n) is 3.09. The van der Waals surface area contributed by atoms with E-state index in [1.54, 1.807) is 20.8 Å². The van der Waals surface area contributed by atoms with Crippen LogP contribution in [0.2, 0.25) is 0 Å². The van der Waals surface area contributed by atoms with E-state index in [1.807, 2.05) is 0 Å². The predicted molar refractivity (Wildman–Crippen MR) is 74.0 cm³/mol. The molecule has 1 aromatic rings. The van der Waals surface area contributed by atoms with Crippen LogP contribution in [0.25, 0.3) is 0 Å². The Morgan fingerprint density at radius 3 is 2.41 bits per heavy atom. The van der Waals surface area contributed by atoms with Gasteiger partial charge in [-0.25, -0.2) is 4.79 Å². The number of alkyl halides is 3. The smallest absolute Gasteiger partial charge is 0.416 e. The summed E-state index contributed by atoms with van der Waals surface area (Å²) in [4.78, 5) is 25.2. The van der Waals surface area contributed by atoms with Crippen LogP contribution < -0.4 is 4.90 Å². The van der Waals surface area contributed by atoms with Gasteiger partial charge in [-0.15, -0.1) is 0 Å². The van der Waals surface area contributed by atoms with Crippen LogP contribution in [-0.2, 0) is 10.9 Å². The maximum Gasteiger partial charge on any atom is 0.416 e. The number of rotatable bonds is 0. The summed E-state index contributed by atoms with van der Waals surface area (Å²) in [5.41, 5.74) is -1.60. The highest BCUT2D eigenvalue weighted by Crippen LogP contribution is 2.35. The number of amides is 1. The first-order valence-corrected chi connectivity index (χ1v) is 6.74. The van der Waals surface area contributed by atoms with Gasteiger partial charge in [-0.3, -0.25) is 9.69 Å². The number of fused-ring (bicyclic) bond motifs is 1. The van der Waals surface area contributed by atoms with Crippen LogP contribution in [0.5, 0.6) is 0 Å². The lowest BCUT2D eigenvalue weighted by atomic mass is 9.98. The van der Waals surface area contributed by atoms with Gasteiger partial charge in [-0.05, 0) is 39.0 Å². The van der Waals surface area contributed by atoms with E-state index < -0.39 is 29.2 Å². The van der Waals surface area contributed by atoms with Crippen molar-refractivity contribution in [2.24, 2.45) is 0 Å². The van der Waals surface area contributed by atoms with Gasteiger partial charge in [-0.2, -0.15) is 13.2 Å². The van der Waals surface area contributed by atoms with Crippen molar-refractivity contribution >= 4 is 17.6 Å². The molecule has 0 aromatic heterocycles. The molecule has 4 nitrogen and oxygen atoms in total. The van der Waals surface area contributed by atoms with Crippen LogP contribution in [0.15, 0.2) is 18.2 Å². The van der Waals surface area contributed by atoms with Crippen molar-refractivity contribution in [3.05, 3.63) is 29.3 Å². The second-order valence-corrected chi connectivity index (χ2v) is 6.03. The normalized spacial score (nSPS) is 15.5. The zero-order valence-corrected chi connectivity index (χ0v) is 12.5. The van der Waals surface area contributed by atoms with Gasteiger partial charge in [0.25, 0.3) is 0 Å². The van der Waals surface area contributed by atoms with E-state index in [0.717, 1.165) is 18.2 Å². The maximum absolute atomic E-state index is 12.7. The average molecular weight is 315 g/mol. The molecule has 0 bridgehead atoms. The molecular weight excluding hydrogens is 299 g/mol. The van der Waals surface area contributed by atoms with Crippen molar-refractivity contribution in [3.63, 3.8) is 0 Å². The van der Waals surface area contributed by atoms with Crippen LogP contribution in [0.4, 0.5) is 23.7 Å². The van der Waals surface area contributed by atoms with Crippen molar-refractivity contribution in [1.82, 2.24) is 0 Å². The number of hydrogen-bond acceptors (Lipinski definition) is 3. The molecule has 22 heavy (non-hydrogen) atoms. The second-order valence-electron chi connectivity index (χ2n) is 6.03. The number of Topliss-reactive ketones (excluding diaryl/α,β-unsaturated/α-hetero) is 1. The minimum absolute atomic E-state index is 0.0342. The standard InChI is InChI=1S/C15H16F3NO3/c1-14(2,3)22-13(21)19-7-6-12(20)10-8-9(15(16,17)18)4-5-11(10)19/h4-5,8H,6-7H2,1-3H3. The minimum atomic E-state index is -4.54. The summed E-state index contributed by atoms with van der Waals surface area (Å²) in [5, 5.41) is 0. The summed E-state index contributed by atoms with van der Waals surface area (Å²) >= 11 is 0. The molecule has 1 aliphatic rings. The molecule has 1 aliphatic heterocycles. The van der Waals surface area contributed by atoms with Gasteiger partial charge in [0.05, 0.1) is 11.3 Å². The molecule has 0 fully saturated rings. The van der Waals surface area contributed by atoms with Crippen molar-refractivity contribution in [3.8, 4) is 0 Å². The Bertz CT molecular complexity index is 617. The van der Waals surface area contributed by atoms with Gasteiger partial charge >= 0.3 is 12.3 Å². The summed E-state index contributed by atoms with van der Waals surface area (Å²) in [7, 11) is 0. The van der Waals surface area contributed by atoms with E-state index in [4.69, 9.17) is 4.74 Å². The molecular formula is C15H16F3NO3. The molecule has 0 spiro atoms. The number of carbonyl (C=O) groups is 2. The third kappa shape index (κ3) is 3.40. The SMILES string of the molecule is CC(C)(C)OC(=O)N1CCC(=O)c2cc(C(F)(F)F)ccc21. The summed E-state index contributed by atoms with van der Waals surface area (Å²) in [6.07, 6.45) is -5.25. The summed E-state index contributed by atoms with van der Waals surface area (Å²) < 4.78 is 43.5. The highest BCUT2D eigenvalue weighted by atomic mass is 19.4. The van der Waals surface area contributed by atoms with Crippen molar-refractivity contribution < 1.29 is 27.5 Å². The molecule has 0 radical (unpaired) electrons. The average Bonchev–Trinajstić information content (AvgIpc) is 2.35. The predicted octanol–water partition coefficient (Wildman–Crippen LogP) is 4.03. The fourth-order valence-electron chi connectivity index (χ4n) is 2.15. The number of anilines is 1. The van der Waals surface area contributed by atoms with E-state index >= 15 is 0 Å². The van der Waals surface area contributed by atoms with Crippen LogP contribution in [0, 0.1) is 0 Å². The fourth-order valence-corrected chi connectivity index (χ4v) is 2.15. The molecule has 1 amide bonds. The van der Waals surface area contributed by atoms with Crippen LogP contribution in [0.3, 0.4) is 0 Å². The summed E-state index contributed by atoms with van der Waals surface area (Å²) in [6.45, 7) is 5.15. The first-order valence-electron chi connectivity index (χ1n) is 6.74. The molecule has 0 saturated carbocycles. The molecule has 1 heterocycles. The number of halogens is 3. The highest BCUT2D eigenvalue weighted by Gasteiger charge is 2.35. The van der Waals surface area contributed by atoms with E-state index in [9.17, 15) is 22.8 Å². The topological polar surface area (TPSA) is 46.6 Å². The Labute approximate surface area is 125 Å². The van der Waals surface area contributed by atoms with Crippen LogP contribution in [-0.4, -0.2) is 24.0 Å². The van der Waals surface area contributed by atoms with Gasteiger partial charge in [0, 0.05) is 18.5 Å². The molecule has 0 atom stereocenters. The Kier molecular flexibility index (Phi) is 3.93. The van der Waals surface area contributed by atoms with E-state index in [2.05, 4.69) is 0 Å². The number of benzene rings is 1. The quantitative estimate of drug-likeness (QED) is 0.726. The van der Waals surface area contributed by atoms with Crippen LogP contribution in [0.1, 0.15) is 43.1 Å². The zero-order chi connectivity index (χ0) is 16.7. The van der Waals surface area contributed by atoms with Gasteiger partial charge in [0.15, 0.2) is 5.78 Å². The Hall–Kier alpha value is -2.05. The number of ketones is 1. The van der Waals surface area contributed by atoms with Crippen molar-refractivity contribution in [1.29, 1.82) is 0 Å². The van der Waals surface area contributed by atoms with E-state index in [0.29, 0.717) is 0 Å². The molecule has 2 rings (SSSR count).